The smallest absolute Gasteiger partial charge is 0.322 e. The van der Waals surface area contributed by atoms with Crippen LogP contribution in [0.15, 0.2) is 0 Å². The van der Waals surface area contributed by atoms with Gasteiger partial charge in [0, 0.05) is 6.54 Å². The fourth-order valence-corrected chi connectivity index (χ4v) is 2.16. The van der Waals surface area contributed by atoms with Gasteiger partial charge < -0.3 is 15.7 Å². The number of aliphatic carboxylic acids is 1. The summed E-state index contributed by atoms with van der Waals surface area (Å²) in [6.45, 7) is 1.45. The van der Waals surface area contributed by atoms with E-state index in [1.807, 2.05) is 0 Å². The minimum Gasteiger partial charge on any atom is -0.480 e. The van der Waals surface area contributed by atoms with E-state index in [0.29, 0.717) is 6.54 Å². The van der Waals surface area contributed by atoms with Gasteiger partial charge in [0.2, 0.25) is 0 Å². The summed E-state index contributed by atoms with van der Waals surface area (Å²) in [6.07, 6.45) is 6.65. The highest BCUT2D eigenvalue weighted by Crippen LogP contribution is 2.26. The van der Waals surface area contributed by atoms with E-state index in [9.17, 15) is 4.79 Å². The zero-order valence-electron chi connectivity index (χ0n) is 9.46. The second-order valence-electron chi connectivity index (χ2n) is 4.32. The van der Waals surface area contributed by atoms with E-state index in [1.165, 1.54) is 32.1 Å². The van der Waals surface area contributed by atoms with E-state index in [4.69, 9.17) is 5.11 Å². The monoisotopic (exact) mass is 214 g/mol. The average Bonchev–Trinajstić information content (AvgIpc) is 2.70. The Morgan fingerprint density at radius 3 is 2.67 bits per heavy atom. The lowest BCUT2D eigenvalue weighted by molar-refractivity contribution is -0.139. The SMILES string of the molecule is CNC(CNCCC1CCCC1)C(=O)O. The molecule has 0 saturated heterocycles. The van der Waals surface area contributed by atoms with Crippen molar-refractivity contribution in [1.29, 1.82) is 0 Å². The lowest BCUT2D eigenvalue weighted by Crippen LogP contribution is -2.43. The lowest BCUT2D eigenvalue weighted by Gasteiger charge is -2.13. The van der Waals surface area contributed by atoms with E-state index in [0.717, 1.165) is 12.5 Å². The molecule has 1 aliphatic carbocycles. The quantitative estimate of drug-likeness (QED) is 0.549. The van der Waals surface area contributed by atoms with Gasteiger partial charge in [-0.2, -0.15) is 0 Å². The maximum absolute atomic E-state index is 10.7. The third-order valence-corrected chi connectivity index (χ3v) is 3.20. The Balaban J connectivity index is 2.02. The number of hydrogen-bond donors (Lipinski definition) is 3. The van der Waals surface area contributed by atoms with E-state index in [1.54, 1.807) is 7.05 Å². The van der Waals surface area contributed by atoms with Crippen LogP contribution in [0.3, 0.4) is 0 Å². The van der Waals surface area contributed by atoms with Gasteiger partial charge in [0.25, 0.3) is 0 Å². The number of hydrogen-bond acceptors (Lipinski definition) is 3. The largest absolute Gasteiger partial charge is 0.480 e. The Hall–Kier alpha value is -0.610. The normalized spacial score (nSPS) is 19.3. The van der Waals surface area contributed by atoms with Gasteiger partial charge in [-0.1, -0.05) is 25.7 Å². The molecule has 1 rings (SSSR count). The number of carboxylic acid groups (broad SMARTS) is 1. The molecule has 0 aromatic heterocycles. The summed E-state index contributed by atoms with van der Waals surface area (Å²) in [6, 6.07) is -0.464. The van der Waals surface area contributed by atoms with E-state index in [-0.39, 0.29) is 0 Å². The first kappa shape index (κ1) is 12.5. The van der Waals surface area contributed by atoms with Crippen LogP contribution < -0.4 is 10.6 Å². The zero-order valence-corrected chi connectivity index (χ0v) is 9.46. The Morgan fingerprint density at radius 2 is 2.13 bits per heavy atom. The van der Waals surface area contributed by atoms with Gasteiger partial charge in [-0.05, 0) is 25.9 Å². The predicted molar refractivity (Wildman–Crippen MR) is 59.9 cm³/mol. The fraction of sp³-hybridized carbons (Fsp3) is 0.909. The molecule has 0 heterocycles. The third kappa shape index (κ3) is 4.62. The Bertz CT molecular complexity index is 191. The Labute approximate surface area is 91.4 Å². The second kappa shape index (κ2) is 6.80. The minimum absolute atomic E-state index is 0.464. The first-order chi connectivity index (χ1) is 7.24. The van der Waals surface area contributed by atoms with Crippen molar-refractivity contribution in [2.45, 2.75) is 38.1 Å². The van der Waals surface area contributed by atoms with Crippen LogP contribution >= 0.6 is 0 Å². The van der Waals surface area contributed by atoms with Crippen LogP contribution in [0, 0.1) is 5.92 Å². The van der Waals surface area contributed by atoms with Crippen LogP contribution in [0.4, 0.5) is 0 Å². The van der Waals surface area contributed by atoms with E-state index >= 15 is 0 Å². The van der Waals surface area contributed by atoms with Gasteiger partial charge in [0.05, 0.1) is 0 Å². The first-order valence-corrected chi connectivity index (χ1v) is 5.85. The van der Waals surface area contributed by atoms with Crippen molar-refractivity contribution in [3.05, 3.63) is 0 Å². The maximum atomic E-state index is 10.7. The predicted octanol–water partition coefficient (Wildman–Crippen LogP) is 0.829. The van der Waals surface area contributed by atoms with Gasteiger partial charge in [-0.25, -0.2) is 0 Å². The molecule has 0 aromatic carbocycles. The molecule has 15 heavy (non-hydrogen) atoms. The molecule has 88 valence electrons. The van der Waals surface area contributed by atoms with Crippen molar-refractivity contribution in [1.82, 2.24) is 10.6 Å². The fourth-order valence-electron chi connectivity index (χ4n) is 2.16. The van der Waals surface area contributed by atoms with Gasteiger partial charge in [0.15, 0.2) is 0 Å². The molecule has 1 saturated carbocycles. The molecular formula is C11H22N2O2. The highest BCUT2D eigenvalue weighted by atomic mass is 16.4. The van der Waals surface area contributed by atoms with Gasteiger partial charge >= 0.3 is 5.97 Å². The molecular weight excluding hydrogens is 192 g/mol. The molecule has 1 atom stereocenters. The van der Waals surface area contributed by atoms with Crippen LogP contribution in [0.1, 0.15) is 32.1 Å². The Kier molecular flexibility index (Phi) is 5.65. The molecule has 4 heteroatoms. The highest BCUT2D eigenvalue weighted by Gasteiger charge is 2.16. The topological polar surface area (TPSA) is 61.4 Å². The van der Waals surface area contributed by atoms with Gasteiger partial charge in [0.1, 0.15) is 6.04 Å². The van der Waals surface area contributed by atoms with Gasteiger partial charge in [-0.3, -0.25) is 4.79 Å². The average molecular weight is 214 g/mol. The van der Waals surface area contributed by atoms with Crippen molar-refractivity contribution >= 4 is 5.97 Å². The number of carboxylic acids is 1. The van der Waals surface area contributed by atoms with E-state index < -0.39 is 12.0 Å². The molecule has 0 spiro atoms. The second-order valence-corrected chi connectivity index (χ2v) is 4.32. The minimum atomic E-state index is -0.786. The van der Waals surface area contributed by atoms with Crippen molar-refractivity contribution in [2.24, 2.45) is 5.92 Å². The molecule has 1 aliphatic rings. The molecule has 4 nitrogen and oxygen atoms in total. The molecule has 3 N–H and O–H groups in total. The van der Waals surface area contributed by atoms with Crippen LogP contribution in [0.2, 0.25) is 0 Å². The number of likely N-dealkylation sites (N-methyl/N-ethyl adjacent to an activating group) is 1. The summed E-state index contributed by atoms with van der Waals surface area (Å²) >= 11 is 0. The number of rotatable bonds is 7. The summed E-state index contributed by atoms with van der Waals surface area (Å²) < 4.78 is 0. The van der Waals surface area contributed by atoms with Crippen LogP contribution in [-0.2, 0) is 4.79 Å². The molecule has 0 amide bonds. The van der Waals surface area contributed by atoms with Crippen molar-refractivity contribution in [3.8, 4) is 0 Å². The van der Waals surface area contributed by atoms with Crippen molar-refractivity contribution < 1.29 is 9.90 Å². The first-order valence-electron chi connectivity index (χ1n) is 5.85. The lowest BCUT2D eigenvalue weighted by atomic mass is 10.0. The summed E-state index contributed by atoms with van der Waals surface area (Å²) in [4.78, 5) is 10.7. The van der Waals surface area contributed by atoms with Crippen LogP contribution in [0.25, 0.3) is 0 Å². The summed E-state index contributed by atoms with van der Waals surface area (Å²) in [7, 11) is 1.68. The third-order valence-electron chi connectivity index (χ3n) is 3.20. The van der Waals surface area contributed by atoms with Gasteiger partial charge in [-0.15, -0.1) is 0 Å². The molecule has 0 bridgehead atoms. The number of carbonyl (C=O) groups is 1. The van der Waals surface area contributed by atoms with Crippen molar-refractivity contribution in [3.63, 3.8) is 0 Å². The molecule has 0 aromatic rings. The molecule has 0 aliphatic heterocycles. The summed E-state index contributed by atoms with van der Waals surface area (Å²) in [5.74, 6) is 0.0845. The molecule has 0 radical (unpaired) electrons. The zero-order chi connectivity index (χ0) is 11.1. The Morgan fingerprint density at radius 1 is 1.47 bits per heavy atom. The van der Waals surface area contributed by atoms with Crippen molar-refractivity contribution in [2.75, 3.05) is 20.1 Å². The highest BCUT2D eigenvalue weighted by molar-refractivity contribution is 5.73. The number of nitrogens with one attached hydrogen (secondary N) is 2. The molecule has 1 unspecified atom stereocenters. The standard InChI is InChI=1S/C11H22N2O2/c1-12-10(11(14)15)8-13-7-6-9-4-2-3-5-9/h9-10,12-13H,2-8H2,1H3,(H,14,15). The maximum Gasteiger partial charge on any atom is 0.322 e. The van der Waals surface area contributed by atoms with Crippen LogP contribution in [0.5, 0.6) is 0 Å². The molecule has 1 fully saturated rings. The van der Waals surface area contributed by atoms with Crippen LogP contribution in [-0.4, -0.2) is 37.3 Å². The summed E-state index contributed by atoms with van der Waals surface area (Å²) in [5, 5.41) is 14.8. The summed E-state index contributed by atoms with van der Waals surface area (Å²) in [5.41, 5.74) is 0. The van der Waals surface area contributed by atoms with E-state index in [2.05, 4.69) is 10.6 Å².